The van der Waals surface area contributed by atoms with Crippen molar-refractivity contribution in [2.45, 2.75) is 191 Å². The molecule has 3 heterocycles. The maximum atomic E-state index is 12.9. The number of methoxy groups -OCH3 is 2. The lowest BCUT2D eigenvalue weighted by atomic mass is 10.0. The van der Waals surface area contributed by atoms with E-state index in [0.29, 0.717) is 24.8 Å². The summed E-state index contributed by atoms with van der Waals surface area (Å²) in [6.07, 6.45) is 20.1. The van der Waals surface area contributed by atoms with Crippen LogP contribution in [0, 0.1) is 23.7 Å². The van der Waals surface area contributed by atoms with Gasteiger partial charge in [-0.3, -0.25) is 0 Å². The SMILES string of the molecule is CCCCCCCC#CC[C@@H](OCOC)[C@H]1CC[C@H]([C@H]2CC[C@H]([C@@H](CC#C/C=C/CCC[C@H](CC3=C[C@H](C)OC3=O)O[Si](c3ccccc3)(c3ccccc3)C(C)(C)C)OCOC)O2)O1. The van der Waals surface area contributed by atoms with Gasteiger partial charge in [0.1, 0.15) is 19.7 Å². The topological polar surface area (TPSA) is 90.9 Å². The van der Waals surface area contributed by atoms with Crippen molar-refractivity contribution in [3.63, 3.8) is 0 Å². The molecule has 8 atom stereocenters. The number of hydrogen-bond acceptors (Lipinski definition) is 9. The molecule has 5 rings (SSSR count). The molecule has 9 nitrogen and oxygen atoms in total. The van der Waals surface area contributed by atoms with Crippen molar-refractivity contribution < 1.29 is 42.4 Å². The first kappa shape index (κ1) is 52.4. The summed E-state index contributed by atoms with van der Waals surface area (Å²) in [5, 5.41) is 2.26. The maximum absolute atomic E-state index is 12.9. The number of benzene rings is 2. The van der Waals surface area contributed by atoms with Crippen molar-refractivity contribution in [1.29, 1.82) is 0 Å². The molecule has 0 aliphatic carbocycles. The molecule has 0 spiro atoms. The number of carbonyl (C=O) groups is 1. The van der Waals surface area contributed by atoms with Crippen LogP contribution in [0.4, 0.5) is 0 Å². The van der Waals surface area contributed by atoms with E-state index in [1.54, 1.807) is 14.2 Å². The van der Waals surface area contributed by atoms with Crippen molar-refractivity contribution in [1.82, 2.24) is 0 Å². The Hall–Kier alpha value is -3.55. The second-order valence-corrected chi connectivity index (χ2v) is 23.0. The molecule has 0 unspecified atom stereocenters. The molecular weight excluding hydrogens is 833 g/mol. The normalized spacial score (nSPS) is 22.5. The highest BCUT2D eigenvalue weighted by atomic mass is 28.4. The first-order valence-corrected chi connectivity index (χ1v) is 26.3. The number of esters is 1. The number of unbranched alkanes of at least 4 members (excludes halogenated alkanes) is 6. The van der Waals surface area contributed by atoms with Gasteiger partial charge in [-0.2, -0.15) is 0 Å². The maximum Gasteiger partial charge on any atom is 0.334 e. The van der Waals surface area contributed by atoms with E-state index in [0.717, 1.165) is 57.8 Å². The third-order valence-corrected chi connectivity index (χ3v) is 17.8. The van der Waals surface area contributed by atoms with Gasteiger partial charge in [0.05, 0.1) is 42.7 Å². The van der Waals surface area contributed by atoms with Gasteiger partial charge in [0.25, 0.3) is 8.32 Å². The van der Waals surface area contributed by atoms with E-state index in [1.165, 1.54) is 36.1 Å². The smallest absolute Gasteiger partial charge is 0.334 e. The highest BCUT2D eigenvalue weighted by molar-refractivity contribution is 6.99. The van der Waals surface area contributed by atoms with Crippen LogP contribution < -0.4 is 10.4 Å². The highest BCUT2D eigenvalue weighted by Gasteiger charge is 2.51. The number of cyclic esters (lactones) is 1. The summed E-state index contributed by atoms with van der Waals surface area (Å²) in [4.78, 5) is 12.9. The van der Waals surface area contributed by atoms with E-state index in [-0.39, 0.29) is 73.4 Å². The largest absolute Gasteiger partial charge is 0.455 e. The summed E-state index contributed by atoms with van der Waals surface area (Å²) in [7, 11) is 0.436. The summed E-state index contributed by atoms with van der Waals surface area (Å²) >= 11 is 0. The molecule has 3 aliphatic rings. The Bertz CT molecular complexity index is 1830. The van der Waals surface area contributed by atoms with Crippen molar-refractivity contribution in [2.24, 2.45) is 0 Å². The van der Waals surface area contributed by atoms with Gasteiger partial charge >= 0.3 is 5.97 Å². The fourth-order valence-electron chi connectivity index (χ4n) is 9.45. The molecule has 0 aromatic heterocycles. The summed E-state index contributed by atoms with van der Waals surface area (Å²) in [6.45, 7) is 11.4. The van der Waals surface area contributed by atoms with Crippen molar-refractivity contribution in [3.05, 3.63) is 84.5 Å². The standard InChI is InChI=1S/C55H78O9Si/c1-8-9-10-11-12-13-17-26-33-48(59-41-57-6)50-35-37-52(62-50)53-38-36-51(63-53)49(60-42-58-7)34-27-18-15-14-16-21-28-45(40-44-39-43(2)61-54(44)56)64-65(55(3,4)5,46-29-22-19-23-30-46)47-31-24-20-25-32-47/h14-15,19-20,22-25,29-32,39,43,45,48-53H,8-13,16,21,28,33-38,40-42H2,1-7H3/b15-14+/t43-,45+,48+,49+,50+,51+,52+,53+/m0/s1. The molecule has 10 heteroatoms. The van der Waals surface area contributed by atoms with E-state index >= 15 is 0 Å². The van der Waals surface area contributed by atoms with Crippen molar-refractivity contribution in [2.75, 3.05) is 27.8 Å². The second kappa shape index (κ2) is 27.9. The molecular formula is C55H78O9Si. The third-order valence-electron chi connectivity index (χ3n) is 12.8. The lowest BCUT2D eigenvalue weighted by molar-refractivity contribution is -0.154. The van der Waals surface area contributed by atoms with Gasteiger partial charge in [-0.15, -0.1) is 11.8 Å². The number of ether oxygens (including phenoxy) is 7. The van der Waals surface area contributed by atoms with Crippen LogP contribution in [0.1, 0.15) is 137 Å². The van der Waals surface area contributed by atoms with Crippen LogP contribution in [0.25, 0.3) is 0 Å². The highest BCUT2D eigenvalue weighted by Crippen LogP contribution is 2.39. The quantitative estimate of drug-likeness (QED) is 0.0301. The zero-order chi connectivity index (χ0) is 46.3. The van der Waals surface area contributed by atoms with E-state index in [9.17, 15) is 4.79 Å². The summed E-state index contributed by atoms with van der Waals surface area (Å²) in [5.41, 5.74) is 0.700. The van der Waals surface area contributed by atoms with Gasteiger partial charge in [0.2, 0.25) is 0 Å². The van der Waals surface area contributed by atoms with Gasteiger partial charge in [-0.05, 0) is 85.9 Å². The van der Waals surface area contributed by atoms with Gasteiger partial charge in [0, 0.05) is 45.5 Å². The number of hydrogen-bond donors (Lipinski definition) is 0. The van der Waals surface area contributed by atoms with E-state index in [4.69, 9.17) is 37.6 Å². The molecule has 0 saturated carbocycles. The van der Waals surface area contributed by atoms with Crippen LogP contribution in [0.15, 0.2) is 84.5 Å². The van der Waals surface area contributed by atoms with Crippen molar-refractivity contribution >= 4 is 24.7 Å². The van der Waals surface area contributed by atoms with Gasteiger partial charge in [0.15, 0.2) is 0 Å². The third kappa shape index (κ3) is 16.0. The summed E-state index contributed by atoms with van der Waals surface area (Å²) < 4.78 is 49.1. The predicted molar refractivity (Wildman–Crippen MR) is 261 cm³/mol. The Kier molecular flexibility index (Phi) is 22.5. The van der Waals surface area contributed by atoms with E-state index in [2.05, 4.69) is 118 Å². The number of allylic oxidation sites excluding steroid dienone is 2. The average molecular weight is 911 g/mol. The minimum atomic E-state index is -2.85. The van der Waals surface area contributed by atoms with E-state index < -0.39 is 8.32 Å². The zero-order valence-electron chi connectivity index (χ0n) is 40.5. The molecule has 0 amide bonds. The molecule has 2 saturated heterocycles. The first-order valence-electron chi connectivity index (χ1n) is 24.4. The van der Waals surface area contributed by atoms with Gasteiger partial charge < -0.3 is 37.6 Å². The Morgan fingerprint density at radius 2 is 1.35 bits per heavy atom. The van der Waals surface area contributed by atoms with Gasteiger partial charge in [-0.1, -0.05) is 132 Å². The fourth-order valence-corrected chi connectivity index (χ4v) is 14.2. The lowest BCUT2D eigenvalue weighted by Gasteiger charge is -2.45. The monoisotopic (exact) mass is 911 g/mol. The van der Waals surface area contributed by atoms with Crippen LogP contribution in [0.3, 0.4) is 0 Å². The molecule has 65 heavy (non-hydrogen) atoms. The van der Waals surface area contributed by atoms with E-state index in [1.807, 2.05) is 19.1 Å². The first-order chi connectivity index (χ1) is 31.6. The lowest BCUT2D eigenvalue weighted by Crippen LogP contribution is -2.67. The van der Waals surface area contributed by atoms with Crippen molar-refractivity contribution in [3.8, 4) is 23.7 Å². The summed E-state index contributed by atoms with van der Waals surface area (Å²) in [6, 6.07) is 21.4. The summed E-state index contributed by atoms with van der Waals surface area (Å²) in [5.74, 6) is 13.1. The molecule has 3 aliphatic heterocycles. The van der Waals surface area contributed by atoms with Gasteiger partial charge in [-0.25, -0.2) is 4.79 Å². The second-order valence-electron chi connectivity index (χ2n) is 18.8. The van der Waals surface area contributed by atoms with Crippen LogP contribution in [0.5, 0.6) is 0 Å². The molecule has 0 bridgehead atoms. The Labute approximate surface area is 392 Å². The number of carbonyl (C=O) groups excluding carboxylic acids is 1. The van der Waals surface area contributed by atoms with Crippen LogP contribution in [0.2, 0.25) is 5.04 Å². The molecule has 2 aromatic rings. The minimum absolute atomic E-state index is 0.00318. The zero-order valence-corrected chi connectivity index (χ0v) is 41.5. The van der Waals surface area contributed by atoms with Crippen LogP contribution >= 0.6 is 0 Å². The molecule has 0 N–H and O–H groups in total. The molecule has 0 radical (unpaired) electrons. The molecule has 2 fully saturated rings. The van der Waals surface area contributed by atoms with Crippen LogP contribution in [-0.4, -0.2) is 90.9 Å². The number of rotatable bonds is 26. The van der Waals surface area contributed by atoms with Crippen LogP contribution in [-0.2, 0) is 42.4 Å². The minimum Gasteiger partial charge on any atom is -0.455 e. The molecule has 356 valence electrons. The molecule has 2 aromatic carbocycles. The predicted octanol–water partition coefficient (Wildman–Crippen LogP) is 10.1. The average Bonchev–Trinajstić information content (AvgIpc) is 4.07. The fraction of sp³-hybridized carbons (Fsp3) is 0.618. The Morgan fingerprint density at radius 3 is 1.89 bits per heavy atom. The Balaban J connectivity index is 1.15. The Morgan fingerprint density at radius 1 is 0.769 bits per heavy atom.